The smallest absolute Gasteiger partial charge is 0.0727 e. The Morgan fingerprint density at radius 1 is 0.349 bits per heavy atom. The number of rotatable bonds is 2. The molecular weight excluding hydrogens is 524 g/mol. The first-order valence-electron chi connectivity index (χ1n) is 14.7. The van der Waals surface area contributed by atoms with Crippen LogP contribution in [-0.4, -0.2) is 9.97 Å². The highest BCUT2D eigenvalue weighted by Gasteiger charge is 2.26. The van der Waals surface area contributed by atoms with E-state index >= 15 is 0 Å². The average Bonchev–Trinajstić information content (AvgIpc) is 3.26. The number of pyridine rings is 2. The SMILES string of the molecule is c1cc2c(c(-c3c4ccccc4nc4ccccc34)c1)-c1c(cccc1-c1c3ccccc3nc3ccccc13)COC2. The zero-order chi connectivity index (χ0) is 28.3. The standard InChI is InChI=1S/C40H26N2O/c1-5-19-33-27(13-1)39(28-14-2-6-20-34(28)41-33)31-17-9-11-25-23-43-24-26-12-10-18-32(38(26)37(25)31)40-29-15-3-7-21-35(29)42-36-22-8-4-16-30(36)40/h1-22H,23-24H2. The number of hydrogen-bond donors (Lipinski definition) is 0. The molecular formula is C40H26N2O. The molecule has 2 aromatic heterocycles. The molecule has 0 aliphatic carbocycles. The molecule has 3 heterocycles. The van der Waals surface area contributed by atoms with Gasteiger partial charge in [0, 0.05) is 32.7 Å². The molecule has 0 atom stereocenters. The van der Waals surface area contributed by atoms with E-state index in [1.807, 2.05) is 0 Å². The lowest BCUT2D eigenvalue weighted by atomic mass is 9.82. The van der Waals surface area contributed by atoms with Crippen molar-refractivity contribution in [1.29, 1.82) is 0 Å². The predicted octanol–water partition coefficient (Wildman–Crippen LogP) is 10.1. The van der Waals surface area contributed by atoms with Crippen molar-refractivity contribution < 1.29 is 4.74 Å². The van der Waals surface area contributed by atoms with E-state index in [4.69, 9.17) is 14.7 Å². The van der Waals surface area contributed by atoms with Gasteiger partial charge in [0.25, 0.3) is 0 Å². The van der Waals surface area contributed by atoms with E-state index in [0.29, 0.717) is 13.2 Å². The van der Waals surface area contributed by atoms with Gasteiger partial charge in [-0.3, -0.25) is 0 Å². The zero-order valence-corrected chi connectivity index (χ0v) is 23.4. The van der Waals surface area contributed by atoms with Gasteiger partial charge < -0.3 is 4.74 Å². The molecule has 0 fully saturated rings. The maximum atomic E-state index is 6.35. The number of ether oxygens (including phenoxy) is 1. The highest BCUT2D eigenvalue weighted by atomic mass is 16.5. The molecule has 0 saturated carbocycles. The van der Waals surface area contributed by atoms with E-state index in [0.717, 1.165) is 43.6 Å². The summed E-state index contributed by atoms with van der Waals surface area (Å²) in [4.78, 5) is 10.1. The summed E-state index contributed by atoms with van der Waals surface area (Å²) in [7, 11) is 0. The van der Waals surface area contributed by atoms with Crippen LogP contribution < -0.4 is 0 Å². The van der Waals surface area contributed by atoms with E-state index < -0.39 is 0 Å². The third-order valence-corrected chi connectivity index (χ3v) is 8.78. The molecule has 202 valence electrons. The Hall–Kier alpha value is -5.38. The van der Waals surface area contributed by atoms with Gasteiger partial charge >= 0.3 is 0 Å². The largest absolute Gasteiger partial charge is 0.372 e. The van der Waals surface area contributed by atoms with Crippen LogP contribution >= 0.6 is 0 Å². The summed E-state index contributed by atoms with van der Waals surface area (Å²) in [6.45, 7) is 1.10. The molecule has 1 aliphatic heterocycles. The van der Waals surface area contributed by atoms with Crippen LogP contribution in [-0.2, 0) is 18.0 Å². The van der Waals surface area contributed by atoms with Gasteiger partial charge in [-0.2, -0.15) is 0 Å². The van der Waals surface area contributed by atoms with Gasteiger partial charge in [0.1, 0.15) is 0 Å². The number of para-hydroxylation sites is 4. The summed E-state index contributed by atoms with van der Waals surface area (Å²) in [6.07, 6.45) is 0. The maximum Gasteiger partial charge on any atom is 0.0727 e. The highest BCUT2D eigenvalue weighted by molar-refractivity contribution is 6.16. The van der Waals surface area contributed by atoms with Crippen LogP contribution in [0.1, 0.15) is 11.1 Å². The zero-order valence-electron chi connectivity index (χ0n) is 23.4. The first-order chi connectivity index (χ1) is 21.3. The van der Waals surface area contributed by atoms with Gasteiger partial charge in [0.15, 0.2) is 0 Å². The van der Waals surface area contributed by atoms with Gasteiger partial charge in [-0.15, -0.1) is 0 Å². The fourth-order valence-electron chi connectivity index (χ4n) is 6.98. The summed E-state index contributed by atoms with van der Waals surface area (Å²) >= 11 is 0. The molecule has 6 aromatic carbocycles. The lowest BCUT2D eigenvalue weighted by Gasteiger charge is -2.22. The lowest BCUT2D eigenvalue weighted by Crippen LogP contribution is -1.98. The second-order valence-electron chi connectivity index (χ2n) is 11.2. The van der Waals surface area contributed by atoms with Crippen LogP contribution in [0, 0.1) is 0 Å². The van der Waals surface area contributed by atoms with E-state index in [1.165, 1.54) is 44.5 Å². The summed E-state index contributed by atoms with van der Waals surface area (Å²) in [5, 5.41) is 4.61. The van der Waals surface area contributed by atoms with Crippen molar-refractivity contribution >= 4 is 43.6 Å². The third kappa shape index (κ3) is 3.72. The van der Waals surface area contributed by atoms with Crippen LogP contribution in [0.4, 0.5) is 0 Å². The minimum atomic E-state index is 0.552. The number of nitrogens with zero attached hydrogens (tertiary/aromatic N) is 2. The Bertz CT molecular complexity index is 2110. The molecule has 9 rings (SSSR count). The third-order valence-electron chi connectivity index (χ3n) is 8.78. The Morgan fingerprint density at radius 3 is 1.07 bits per heavy atom. The predicted molar refractivity (Wildman–Crippen MR) is 177 cm³/mol. The second kappa shape index (κ2) is 9.59. The molecule has 0 N–H and O–H groups in total. The Labute approximate surface area is 249 Å². The normalized spacial score (nSPS) is 12.8. The van der Waals surface area contributed by atoms with Crippen LogP contribution in [0.3, 0.4) is 0 Å². The van der Waals surface area contributed by atoms with Crippen molar-refractivity contribution in [2.75, 3.05) is 0 Å². The monoisotopic (exact) mass is 550 g/mol. The van der Waals surface area contributed by atoms with Gasteiger partial charge in [-0.1, -0.05) is 109 Å². The van der Waals surface area contributed by atoms with Gasteiger partial charge in [-0.05, 0) is 57.6 Å². The molecule has 0 amide bonds. The van der Waals surface area contributed by atoms with Crippen molar-refractivity contribution in [2.24, 2.45) is 0 Å². The fraction of sp³-hybridized carbons (Fsp3) is 0.0500. The van der Waals surface area contributed by atoms with Gasteiger partial charge in [0.05, 0.1) is 35.3 Å². The van der Waals surface area contributed by atoms with Crippen molar-refractivity contribution in [3.05, 3.63) is 145 Å². The molecule has 8 aromatic rings. The molecule has 0 saturated heterocycles. The Balaban J connectivity index is 1.46. The molecule has 1 aliphatic rings. The molecule has 0 spiro atoms. The summed E-state index contributed by atoms with van der Waals surface area (Å²) in [6, 6.07) is 47.3. The van der Waals surface area contributed by atoms with Crippen LogP contribution in [0.5, 0.6) is 0 Å². The number of fused-ring (bicyclic) bond motifs is 7. The minimum absolute atomic E-state index is 0.552. The highest BCUT2D eigenvalue weighted by Crippen LogP contribution is 2.49. The van der Waals surface area contributed by atoms with Crippen LogP contribution in [0.25, 0.3) is 77.0 Å². The van der Waals surface area contributed by atoms with E-state index in [-0.39, 0.29) is 0 Å². The molecule has 3 heteroatoms. The van der Waals surface area contributed by atoms with E-state index in [1.54, 1.807) is 0 Å². The van der Waals surface area contributed by atoms with Crippen molar-refractivity contribution in [2.45, 2.75) is 13.2 Å². The Kier molecular flexibility index (Phi) is 5.40. The quantitative estimate of drug-likeness (QED) is 0.201. The van der Waals surface area contributed by atoms with E-state index in [9.17, 15) is 0 Å². The topological polar surface area (TPSA) is 35.0 Å². The molecule has 3 nitrogen and oxygen atoms in total. The number of benzene rings is 6. The van der Waals surface area contributed by atoms with Gasteiger partial charge in [-0.25, -0.2) is 9.97 Å². The lowest BCUT2D eigenvalue weighted by molar-refractivity contribution is 0.110. The first-order valence-corrected chi connectivity index (χ1v) is 14.7. The van der Waals surface area contributed by atoms with Crippen LogP contribution in [0.15, 0.2) is 133 Å². The molecule has 0 radical (unpaired) electrons. The van der Waals surface area contributed by atoms with Crippen molar-refractivity contribution in [1.82, 2.24) is 9.97 Å². The van der Waals surface area contributed by atoms with E-state index in [2.05, 4.69) is 133 Å². The fourth-order valence-corrected chi connectivity index (χ4v) is 6.98. The maximum absolute atomic E-state index is 6.35. The van der Waals surface area contributed by atoms with Crippen molar-refractivity contribution in [3.8, 4) is 33.4 Å². The van der Waals surface area contributed by atoms with Crippen LogP contribution in [0.2, 0.25) is 0 Å². The average molecular weight is 551 g/mol. The molecule has 0 bridgehead atoms. The number of hydrogen-bond acceptors (Lipinski definition) is 3. The molecule has 43 heavy (non-hydrogen) atoms. The summed E-state index contributed by atoms with van der Waals surface area (Å²) in [5.41, 5.74) is 13.7. The summed E-state index contributed by atoms with van der Waals surface area (Å²) < 4.78 is 6.35. The van der Waals surface area contributed by atoms with Crippen molar-refractivity contribution in [3.63, 3.8) is 0 Å². The first kappa shape index (κ1) is 24.2. The molecule has 0 unspecified atom stereocenters. The summed E-state index contributed by atoms with van der Waals surface area (Å²) in [5.74, 6) is 0. The number of aromatic nitrogens is 2. The van der Waals surface area contributed by atoms with Gasteiger partial charge in [0.2, 0.25) is 0 Å². The minimum Gasteiger partial charge on any atom is -0.372 e. The Morgan fingerprint density at radius 2 is 0.698 bits per heavy atom. The second-order valence-corrected chi connectivity index (χ2v) is 11.2.